The second kappa shape index (κ2) is 4.50. The largest absolute Gasteiger partial charge is 0.213 e. The Morgan fingerprint density at radius 3 is 2.21 bits per heavy atom. The number of hydrogen-bond acceptors (Lipinski definition) is 0. The molecule has 1 unspecified atom stereocenters. The molecule has 2 aliphatic rings. The van der Waals surface area contributed by atoms with E-state index in [4.69, 9.17) is 0 Å². The van der Waals surface area contributed by atoms with Crippen molar-refractivity contribution < 1.29 is 4.57 Å². The topological polar surface area (TPSA) is 3.88 Å². The Bertz CT molecular complexity index is 857. The normalized spacial score (nSPS) is 25.8. The van der Waals surface area contributed by atoms with Crippen LogP contribution in [0, 0.1) is 6.92 Å². The van der Waals surface area contributed by atoms with Gasteiger partial charge in [-0.2, -0.15) is 4.57 Å². The van der Waals surface area contributed by atoms with Gasteiger partial charge >= 0.3 is 0 Å². The molecule has 1 atom stereocenters. The first-order valence-corrected chi connectivity index (χ1v) is 9.21. The van der Waals surface area contributed by atoms with Crippen molar-refractivity contribution in [3.63, 3.8) is 0 Å². The van der Waals surface area contributed by atoms with E-state index in [0.29, 0.717) is 5.41 Å². The smallest absolute Gasteiger partial charge is 0.198 e. The minimum atomic E-state index is 0.239. The van der Waals surface area contributed by atoms with Crippen molar-refractivity contribution >= 4 is 0 Å². The molecule has 1 heteroatoms. The van der Waals surface area contributed by atoms with Crippen molar-refractivity contribution in [3.05, 3.63) is 52.7 Å². The van der Waals surface area contributed by atoms with Gasteiger partial charge in [-0.1, -0.05) is 39.0 Å². The second-order valence-electron chi connectivity index (χ2n) is 9.72. The van der Waals surface area contributed by atoms with Crippen LogP contribution in [0.15, 0.2) is 30.3 Å². The van der Waals surface area contributed by atoms with Crippen LogP contribution in [0.25, 0.3) is 11.3 Å². The molecule has 0 N–H and O–H groups in total. The number of hydrogen-bond donors (Lipinski definition) is 0. The number of aryl methyl sites for hydroxylation is 1. The molecule has 2 aromatic rings. The minimum Gasteiger partial charge on any atom is -0.198 e. The fourth-order valence-corrected chi connectivity index (χ4v) is 6.15. The molecular weight excluding hydrogens is 290 g/mol. The molecule has 0 saturated heterocycles. The van der Waals surface area contributed by atoms with Crippen molar-refractivity contribution in [2.75, 3.05) is 0 Å². The first kappa shape index (κ1) is 15.9. The summed E-state index contributed by atoms with van der Waals surface area (Å²) < 4.78 is 2.49. The lowest BCUT2D eigenvalue weighted by molar-refractivity contribution is -0.671. The summed E-state index contributed by atoms with van der Waals surface area (Å²) in [7, 11) is 2.27. The zero-order chi connectivity index (χ0) is 17.5. The van der Waals surface area contributed by atoms with Gasteiger partial charge in [-0.15, -0.1) is 0 Å². The molecule has 1 heterocycles. The second-order valence-corrected chi connectivity index (χ2v) is 9.72. The van der Waals surface area contributed by atoms with Gasteiger partial charge in [-0.25, -0.2) is 0 Å². The third-order valence-corrected chi connectivity index (χ3v) is 6.54. The fourth-order valence-electron chi connectivity index (χ4n) is 6.15. The third kappa shape index (κ3) is 1.90. The Morgan fingerprint density at radius 1 is 0.917 bits per heavy atom. The van der Waals surface area contributed by atoms with Crippen LogP contribution in [0.1, 0.15) is 69.8 Å². The van der Waals surface area contributed by atoms with Gasteiger partial charge in [0, 0.05) is 22.6 Å². The summed E-state index contributed by atoms with van der Waals surface area (Å²) >= 11 is 0. The summed E-state index contributed by atoms with van der Waals surface area (Å²) in [6.07, 6.45) is 2.53. The Balaban J connectivity index is 2.11. The highest BCUT2D eigenvalue weighted by Gasteiger charge is 2.59. The molecule has 0 bridgehead atoms. The number of nitrogens with zero attached hydrogens (tertiary/aromatic N) is 1. The van der Waals surface area contributed by atoms with Crippen LogP contribution in [0.3, 0.4) is 0 Å². The Labute approximate surface area is 146 Å². The number of benzene rings is 1. The standard InChI is InChI=1S/C23H30N/c1-15-10-8-9-11-16(15)18-12-17-19-20(24(18)7)22(4,5)14-23(19,6)13-21(17,2)3/h8-12H,13-14H2,1-7H3/q+1. The average molecular weight is 321 g/mol. The molecular formula is C23H30N+. The van der Waals surface area contributed by atoms with Gasteiger partial charge in [-0.05, 0) is 56.2 Å². The van der Waals surface area contributed by atoms with E-state index in [9.17, 15) is 0 Å². The van der Waals surface area contributed by atoms with Crippen LogP contribution in [0.2, 0.25) is 0 Å². The van der Waals surface area contributed by atoms with Crippen LogP contribution >= 0.6 is 0 Å². The van der Waals surface area contributed by atoms with E-state index in [1.165, 1.54) is 29.7 Å². The predicted octanol–water partition coefficient (Wildman–Crippen LogP) is 5.11. The van der Waals surface area contributed by atoms with Gasteiger partial charge < -0.3 is 0 Å². The summed E-state index contributed by atoms with van der Waals surface area (Å²) in [5.41, 5.74) is 9.73. The van der Waals surface area contributed by atoms with E-state index in [-0.39, 0.29) is 10.8 Å². The van der Waals surface area contributed by atoms with Gasteiger partial charge in [0.05, 0.1) is 5.41 Å². The first-order valence-electron chi connectivity index (χ1n) is 9.21. The van der Waals surface area contributed by atoms with Crippen molar-refractivity contribution in [1.29, 1.82) is 0 Å². The summed E-state index contributed by atoms with van der Waals surface area (Å²) in [6, 6.07) is 11.3. The van der Waals surface area contributed by atoms with Crippen molar-refractivity contribution in [2.24, 2.45) is 7.05 Å². The molecule has 0 saturated carbocycles. The molecule has 2 aliphatic carbocycles. The maximum absolute atomic E-state index is 2.49. The summed E-state index contributed by atoms with van der Waals surface area (Å²) in [6.45, 7) is 14.4. The Hall–Kier alpha value is -1.63. The fraction of sp³-hybridized carbons (Fsp3) is 0.522. The maximum Gasteiger partial charge on any atom is 0.213 e. The van der Waals surface area contributed by atoms with Crippen LogP contribution in [0.4, 0.5) is 0 Å². The number of pyridine rings is 1. The van der Waals surface area contributed by atoms with E-state index in [2.05, 4.69) is 83.5 Å². The Kier molecular flexibility index (Phi) is 2.98. The van der Waals surface area contributed by atoms with Crippen molar-refractivity contribution in [3.8, 4) is 11.3 Å². The predicted molar refractivity (Wildman–Crippen MR) is 100 cm³/mol. The molecule has 0 fully saturated rings. The molecule has 1 aromatic carbocycles. The van der Waals surface area contributed by atoms with Gasteiger partial charge in [0.15, 0.2) is 5.69 Å². The quantitative estimate of drug-likeness (QED) is 0.643. The SMILES string of the molecule is Cc1ccccc1-c1cc2c3c([n+]1C)C(C)(C)CC3(C)CC2(C)C. The lowest BCUT2D eigenvalue weighted by atomic mass is 9.75. The molecule has 0 spiro atoms. The number of rotatable bonds is 1. The van der Waals surface area contributed by atoms with Crippen LogP contribution in [-0.4, -0.2) is 0 Å². The van der Waals surface area contributed by atoms with Crippen LogP contribution < -0.4 is 4.57 Å². The highest BCUT2D eigenvalue weighted by atomic mass is 15.0. The van der Waals surface area contributed by atoms with Gasteiger partial charge in [0.25, 0.3) is 0 Å². The molecule has 1 aromatic heterocycles. The van der Waals surface area contributed by atoms with E-state index in [1.54, 1.807) is 16.8 Å². The third-order valence-electron chi connectivity index (χ3n) is 6.54. The van der Waals surface area contributed by atoms with Gasteiger partial charge in [0.1, 0.15) is 7.05 Å². The zero-order valence-electron chi connectivity index (χ0n) is 16.2. The van der Waals surface area contributed by atoms with E-state index in [1.807, 2.05) is 0 Å². The lowest BCUT2D eigenvalue weighted by Crippen LogP contribution is -2.42. The minimum absolute atomic E-state index is 0.239. The summed E-state index contributed by atoms with van der Waals surface area (Å²) in [5, 5.41) is 0. The average Bonchev–Trinajstić information content (AvgIpc) is 2.77. The molecule has 1 nitrogen and oxygen atoms in total. The highest BCUT2D eigenvalue weighted by Crippen LogP contribution is 2.60. The number of aromatic nitrogens is 1. The van der Waals surface area contributed by atoms with E-state index in [0.717, 1.165) is 0 Å². The van der Waals surface area contributed by atoms with Gasteiger partial charge in [-0.3, -0.25) is 0 Å². The molecule has 4 rings (SSSR count). The zero-order valence-corrected chi connectivity index (χ0v) is 16.2. The van der Waals surface area contributed by atoms with Crippen LogP contribution in [0.5, 0.6) is 0 Å². The molecule has 0 radical (unpaired) electrons. The summed E-state index contributed by atoms with van der Waals surface area (Å²) in [5.74, 6) is 0. The molecule has 0 amide bonds. The van der Waals surface area contributed by atoms with E-state index < -0.39 is 0 Å². The summed E-state index contributed by atoms with van der Waals surface area (Å²) in [4.78, 5) is 0. The maximum atomic E-state index is 2.49. The first-order chi connectivity index (χ1) is 11.1. The highest BCUT2D eigenvalue weighted by molar-refractivity contribution is 5.65. The monoisotopic (exact) mass is 320 g/mol. The van der Waals surface area contributed by atoms with Crippen molar-refractivity contribution in [2.45, 2.75) is 70.6 Å². The molecule has 24 heavy (non-hydrogen) atoms. The van der Waals surface area contributed by atoms with Crippen LogP contribution in [-0.2, 0) is 23.3 Å². The Morgan fingerprint density at radius 2 is 1.54 bits per heavy atom. The van der Waals surface area contributed by atoms with E-state index >= 15 is 0 Å². The molecule has 126 valence electrons. The van der Waals surface area contributed by atoms with Crippen molar-refractivity contribution in [1.82, 2.24) is 0 Å². The molecule has 0 aliphatic heterocycles. The lowest BCUT2D eigenvalue weighted by Gasteiger charge is -2.28. The van der Waals surface area contributed by atoms with Gasteiger partial charge in [0.2, 0.25) is 5.69 Å².